The van der Waals surface area contributed by atoms with Crippen molar-refractivity contribution in [1.82, 2.24) is 24.1 Å². The van der Waals surface area contributed by atoms with Gasteiger partial charge >= 0.3 is 0 Å². The Kier molecular flexibility index (Phi) is 8.18. The van der Waals surface area contributed by atoms with Crippen LogP contribution in [0.5, 0.6) is 0 Å². The predicted molar refractivity (Wildman–Crippen MR) is 268 cm³/mol. The number of fused-ring (bicyclic) bond motifs is 10. The third kappa shape index (κ3) is 5.68. The Morgan fingerprint density at radius 2 is 0.862 bits per heavy atom. The van der Waals surface area contributed by atoms with E-state index >= 15 is 0 Å². The molecule has 5 nitrogen and oxygen atoms in total. The van der Waals surface area contributed by atoms with Gasteiger partial charge < -0.3 is 4.57 Å². The maximum atomic E-state index is 5.46. The molecule has 9 aromatic carbocycles. The highest BCUT2D eigenvalue weighted by Gasteiger charge is 2.39. The number of aromatic nitrogens is 5. The number of hydrogen-bond donors (Lipinski definition) is 0. The quantitative estimate of drug-likeness (QED) is 0.168. The molecule has 1 aliphatic rings. The summed E-state index contributed by atoms with van der Waals surface area (Å²) in [5.74, 6) is 1.78. The molecule has 12 aromatic rings. The number of nitrogens with zero attached hydrogens (tertiary/aromatic N) is 5. The average molecular weight is 832 g/mol. The van der Waals surface area contributed by atoms with Crippen molar-refractivity contribution in [3.05, 3.63) is 223 Å². The van der Waals surface area contributed by atoms with E-state index < -0.39 is 0 Å². The van der Waals surface area contributed by atoms with Crippen LogP contribution in [0.25, 0.3) is 111 Å². The molecule has 0 amide bonds. The van der Waals surface area contributed by atoms with Crippen molar-refractivity contribution in [1.29, 1.82) is 0 Å². The molecule has 0 N–H and O–H groups in total. The fourth-order valence-electron chi connectivity index (χ4n) is 10.6. The van der Waals surface area contributed by atoms with Crippen LogP contribution < -0.4 is 0 Å². The molecule has 1 aliphatic carbocycles. The van der Waals surface area contributed by atoms with Crippen molar-refractivity contribution < 1.29 is 0 Å². The molecule has 0 atom stereocenters. The zero-order valence-corrected chi connectivity index (χ0v) is 35.9. The molecule has 0 radical (unpaired) electrons. The zero-order valence-electron chi connectivity index (χ0n) is 35.9. The second-order valence-electron chi connectivity index (χ2n) is 17.6. The Labute approximate surface area is 376 Å². The maximum Gasteiger partial charge on any atom is 0.238 e. The van der Waals surface area contributed by atoms with Crippen LogP contribution >= 0.6 is 0 Å². The Morgan fingerprint density at radius 1 is 0.354 bits per heavy atom. The largest absolute Gasteiger partial charge is 0.307 e. The van der Waals surface area contributed by atoms with Crippen LogP contribution in [0.15, 0.2) is 212 Å². The van der Waals surface area contributed by atoms with Crippen molar-refractivity contribution in [2.45, 2.75) is 19.3 Å². The van der Waals surface area contributed by atoms with Gasteiger partial charge in [-0.15, -0.1) is 0 Å². The molecule has 65 heavy (non-hydrogen) atoms. The van der Waals surface area contributed by atoms with Gasteiger partial charge in [0.1, 0.15) is 0 Å². The summed E-state index contributed by atoms with van der Waals surface area (Å²) in [4.78, 5) is 16.1. The third-order valence-electron chi connectivity index (χ3n) is 13.5. The molecule has 5 heteroatoms. The van der Waals surface area contributed by atoms with Crippen molar-refractivity contribution in [2.24, 2.45) is 0 Å². The first-order valence-electron chi connectivity index (χ1n) is 22.3. The summed E-state index contributed by atoms with van der Waals surface area (Å²) in [5.41, 5.74) is 16.8. The van der Waals surface area contributed by atoms with Crippen molar-refractivity contribution >= 4 is 43.6 Å². The lowest BCUT2D eigenvalue weighted by Gasteiger charge is -2.26. The van der Waals surface area contributed by atoms with E-state index in [1.165, 1.54) is 38.8 Å². The Hall–Kier alpha value is -8.41. The topological polar surface area (TPSA) is 48.5 Å². The SMILES string of the molecule is CC1(C)c2ccccc2-c2cc(-c3ccccc3)cc(-n3c4ccccc4c4ccc5c6ccccc6n(-c6nc(-c7ccccc7)nc(-c7cccc(-c8ccccc8)c7)n6)c5c43)c21. The maximum absolute atomic E-state index is 5.46. The van der Waals surface area contributed by atoms with E-state index in [2.05, 4.69) is 211 Å². The van der Waals surface area contributed by atoms with Gasteiger partial charge in [0.2, 0.25) is 5.95 Å². The van der Waals surface area contributed by atoms with E-state index in [-0.39, 0.29) is 5.41 Å². The Bertz CT molecular complexity index is 3840. The van der Waals surface area contributed by atoms with Crippen molar-refractivity contribution in [3.8, 4) is 67.8 Å². The first-order chi connectivity index (χ1) is 32.0. The van der Waals surface area contributed by atoms with Crippen LogP contribution in [-0.2, 0) is 5.41 Å². The lowest BCUT2D eigenvalue weighted by atomic mass is 9.81. The minimum absolute atomic E-state index is 0.281. The van der Waals surface area contributed by atoms with Crippen LogP contribution in [0, 0.1) is 0 Å². The van der Waals surface area contributed by atoms with E-state index in [0.717, 1.165) is 66.2 Å². The summed E-state index contributed by atoms with van der Waals surface area (Å²) >= 11 is 0. The predicted octanol–water partition coefficient (Wildman–Crippen LogP) is 15.0. The van der Waals surface area contributed by atoms with E-state index in [4.69, 9.17) is 15.0 Å². The van der Waals surface area contributed by atoms with Crippen LogP contribution in [-0.4, -0.2) is 24.1 Å². The molecule has 0 saturated heterocycles. The standard InChI is InChI=1S/C60H41N5/c1-60(2)50-30-15-12-27-44(50)49-36-43(39-21-8-4-9-22-39)37-53(54(49)60)64-51-31-16-13-28-45(51)47-33-34-48-46-29-14-17-32-52(46)65(56(48)55(47)64)59-62-57(40-23-10-5-11-24-40)61-58(63-59)42-26-18-25-41(35-42)38-19-6-3-7-20-38/h3-37H,1-2H3. The number of para-hydroxylation sites is 2. The first kappa shape index (κ1) is 37.2. The summed E-state index contributed by atoms with van der Waals surface area (Å²) in [7, 11) is 0. The Morgan fingerprint density at radius 3 is 1.54 bits per heavy atom. The second-order valence-corrected chi connectivity index (χ2v) is 17.6. The summed E-state index contributed by atoms with van der Waals surface area (Å²) in [6, 6.07) is 76.0. The van der Waals surface area contributed by atoms with Gasteiger partial charge in [-0.25, -0.2) is 4.98 Å². The van der Waals surface area contributed by atoms with E-state index in [9.17, 15) is 0 Å². The first-order valence-corrected chi connectivity index (χ1v) is 22.3. The van der Waals surface area contributed by atoms with Crippen molar-refractivity contribution in [3.63, 3.8) is 0 Å². The number of rotatable bonds is 6. The molecule has 0 saturated carbocycles. The smallest absolute Gasteiger partial charge is 0.238 e. The normalized spacial score (nSPS) is 12.9. The molecule has 3 aromatic heterocycles. The molecule has 0 aliphatic heterocycles. The second kappa shape index (κ2) is 14.3. The van der Waals surface area contributed by atoms with E-state index in [0.29, 0.717) is 17.6 Å². The van der Waals surface area contributed by atoms with Gasteiger partial charge in [0.15, 0.2) is 11.6 Å². The molecule has 0 fully saturated rings. The summed E-state index contributed by atoms with van der Waals surface area (Å²) in [5, 5.41) is 4.61. The van der Waals surface area contributed by atoms with Gasteiger partial charge in [0.25, 0.3) is 0 Å². The third-order valence-corrected chi connectivity index (χ3v) is 13.5. The van der Waals surface area contributed by atoms with Crippen LogP contribution in [0.3, 0.4) is 0 Å². The van der Waals surface area contributed by atoms with Gasteiger partial charge in [-0.3, -0.25) is 4.57 Å². The van der Waals surface area contributed by atoms with Crippen molar-refractivity contribution in [2.75, 3.05) is 0 Å². The molecule has 13 rings (SSSR count). The van der Waals surface area contributed by atoms with E-state index in [1.54, 1.807) is 0 Å². The van der Waals surface area contributed by atoms with Gasteiger partial charge in [0, 0.05) is 38.1 Å². The highest BCUT2D eigenvalue weighted by molar-refractivity contribution is 6.24. The summed E-state index contributed by atoms with van der Waals surface area (Å²) < 4.78 is 4.84. The van der Waals surface area contributed by atoms with Crippen LogP contribution in [0.1, 0.15) is 25.0 Å². The number of benzene rings is 9. The highest BCUT2D eigenvalue weighted by Crippen LogP contribution is 2.54. The van der Waals surface area contributed by atoms with Crippen LogP contribution in [0.2, 0.25) is 0 Å². The molecular weight excluding hydrogens is 791 g/mol. The fourth-order valence-corrected chi connectivity index (χ4v) is 10.6. The molecule has 0 unspecified atom stereocenters. The fraction of sp³-hybridized carbons (Fsp3) is 0.0500. The zero-order chi connectivity index (χ0) is 43.2. The summed E-state index contributed by atoms with van der Waals surface area (Å²) in [6.07, 6.45) is 0. The molecule has 3 heterocycles. The Balaban J connectivity index is 1.17. The molecule has 0 spiro atoms. The van der Waals surface area contributed by atoms with Gasteiger partial charge in [-0.05, 0) is 74.8 Å². The van der Waals surface area contributed by atoms with Gasteiger partial charge in [0.05, 0.1) is 27.8 Å². The van der Waals surface area contributed by atoms with Gasteiger partial charge in [-0.2, -0.15) is 9.97 Å². The summed E-state index contributed by atoms with van der Waals surface area (Å²) in [6.45, 7) is 4.77. The van der Waals surface area contributed by atoms with E-state index in [1.807, 2.05) is 24.3 Å². The average Bonchev–Trinajstić information content (AvgIpc) is 3.97. The van der Waals surface area contributed by atoms with Gasteiger partial charge in [-0.1, -0.05) is 196 Å². The molecule has 306 valence electrons. The minimum atomic E-state index is -0.281. The number of hydrogen-bond acceptors (Lipinski definition) is 3. The molecule has 0 bridgehead atoms. The molecular formula is C60H41N5. The lowest BCUT2D eigenvalue weighted by molar-refractivity contribution is 0.657. The monoisotopic (exact) mass is 831 g/mol. The highest BCUT2D eigenvalue weighted by atomic mass is 15.2. The lowest BCUT2D eigenvalue weighted by Crippen LogP contribution is -2.18. The van der Waals surface area contributed by atoms with Crippen LogP contribution in [0.4, 0.5) is 0 Å². The minimum Gasteiger partial charge on any atom is -0.307 e.